The highest BCUT2D eigenvalue weighted by atomic mass is 19.4. The predicted molar refractivity (Wildman–Crippen MR) is 165 cm³/mol. The van der Waals surface area contributed by atoms with Crippen LogP contribution in [0.1, 0.15) is 37.8 Å². The summed E-state index contributed by atoms with van der Waals surface area (Å²) in [4.78, 5) is 29.3. The highest BCUT2D eigenvalue weighted by Crippen LogP contribution is 2.30. The molecule has 8 nitrogen and oxygen atoms in total. The lowest BCUT2D eigenvalue weighted by atomic mass is 10.0. The molecule has 0 spiro atoms. The van der Waals surface area contributed by atoms with Gasteiger partial charge in [-0.15, -0.1) is 0 Å². The lowest BCUT2D eigenvalue weighted by Gasteiger charge is -2.34. The molecular weight excluding hydrogens is 587 g/mol. The summed E-state index contributed by atoms with van der Waals surface area (Å²) in [6.45, 7) is 5.07. The summed E-state index contributed by atoms with van der Waals surface area (Å²) >= 11 is 0. The normalized spacial score (nSPS) is 17.9. The highest BCUT2D eigenvalue weighted by Gasteiger charge is 2.31. The number of halogens is 3. The van der Waals surface area contributed by atoms with Gasteiger partial charge in [-0.2, -0.15) is 13.2 Å². The maximum Gasteiger partial charge on any atom is 0.389 e. The molecule has 0 bridgehead atoms. The third kappa shape index (κ3) is 10.2. The first-order chi connectivity index (χ1) is 21.4. The van der Waals surface area contributed by atoms with Crippen molar-refractivity contribution in [3.8, 4) is 17.2 Å². The molecule has 45 heavy (non-hydrogen) atoms. The van der Waals surface area contributed by atoms with Crippen LogP contribution < -0.4 is 14.8 Å². The number of nitrogens with one attached hydrogen (secondary N) is 1. The van der Waals surface area contributed by atoms with Gasteiger partial charge in [0.15, 0.2) is 0 Å². The molecule has 3 aromatic rings. The van der Waals surface area contributed by atoms with Crippen LogP contribution >= 0.6 is 0 Å². The average Bonchev–Trinajstić information content (AvgIpc) is 3.04. The summed E-state index contributed by atoms with van der Waals surface area (Å²) in [6, 6.07) is 21.7. The summed E-state index contributed by atoms with van der Waals surface area (Å²) in [5.74, 6) is 0.846. The first-order valence-corrected chi connectivity index (χ1v) is 15.0. The number of rotatable bonds is 11. The Morgan fingerprint density at radius 1 is 1.11 bits per heavy atom. The number of aliphatic hydroxyl groups excluding tert-OH is 1. The summed E-state index contributed by atoms with van der Waals surface area (Å²) in [7, 11) is 1.98. The Labute approximate surface area is 261 Å². The third-order valence-corrected chi connectivity index (χ3v) is 7.68. The van der Waals surface area contributed by atoms with Crippen LogP contribution in [0.5, 0.6) is 17.2 Å². The second-order valence-corrected chi connectivity index (χ2v) is 11.6. The fourth-order valence-electron chi connectivity index (χ4n) is 5.17. The van der Waals surface area contributed by atoms with Crippen molar-refractivity contribution in [2.75, 3.05) is 32.1 Å². The zero-order valence-corrected chi connectivity index (χ0v) is 25.7. The molecule has 2 N–H and O–H groups in total. The molecule has 0 radical (unpaired) electrons. The molecule has 1 heterocycles. The lowest BCUT2D eigenvalue weighted by molar-refractivity contribution is -0.142. The second kappa shape index (κ2) is 15.3. The molecule has 11 heteroatoms. The molecule has 0 aliphatic carbocycles. The molecule has 0 saturated carbocycles. The molecule has 1 aliphatic rings. The number of likely N-dealkylation sites (N-methyl/N-ethyl adjacent to an activating group) is 1. The maximum atomic E-state index is 13.4. The smallest absolute Gasteiger partial charge is 0.389 e. The van der Waals surface area contributed by atoms with Gasteiger partial charge in [0.1, 0.15) is 23.4 Å². The van der Waals surface area contributed by atoms with Crippen molar-refractivity contribution in [3.63, 3.8) is 0 Å². The lowest BCUT2D eigenvalue weighted by Crippen LogP contribution is -2.47. The number of carbonyl (C=O) groups is 2. The molecule has 0 aromatic heterocycles. The molecular formula is C34H40F3N3O5. The van der Waals surface area contributed by atoms with Gasteiger partial charge in [0.2, 0.25) is 11.8 Å². The van der Waals surface area contributed by atoms with E-state index < -0.39 is 31.0 Å². The minimum absolute atomic E-state index is 0.0569. The van der Waals surface area contributed by atoms with Crippen molar-refractivity contribution in [2.24, 2.45) is 5.92 Å². The first-order valence-electron chi connectivity index (χ1n) is 15.0. The third-order valence-electron chi connectivity index (χ3n) is 7.68. The molecule has 3 aromatic carbocycles. The Bertz CT molecular complexity index is 1420. The minimum atomic E-state index is -4.44. The number of carbonyl (C=O) groups excluding carboxylic acids is 2. The standard InChI is InChI=1S/C34H40F3N3O5/c1-23-19-40(24(2)22-41)33(43)18-26-17-27(38-32(42)15-16-34(35,36)37)11-14-30(26)45-31(23)21-39(3)20-25-9-12-29(13-10-25)44-28-7-5-4-6-8-28/h4-14,17,23-24,31,41H,15-16,18-22H2,1-3H3,(H,38,42)/t23-,24-,31+/m1/s1. The van der Waals surface area contributed by atoms with Crippen LogP contribution in [0.25, 0.3) is 0 Å². The molecule has 0 unspecified atom stereocenters. The molecule has 242 valence electrons. The zero-order valence-electron chi connectivity index (χ0n) is 25.7. The van der Waals surface area contributed by atoms with Crippen molar-refractivity contribution < 1.29 is 37.3 Å². The van der Waals surface area contributed by atoms with Gasteiger partial charge in [-0.3, -0.25) is 14.5 Å². The van der Waals surface area contributed by atoms with Crippen LogP contribution in [0.4, 0.5) is 18.9 Å². The Hall–Kier alpha value is -4.09. The van der Waals surface area contributed by atoms with E-state index in [2.05, 4.69) is 10.2 Å². The van der Waals surface area contributed by atoms with Crippen LogP contribution in [-0.4, -0.2) is 71.8 Å². The Morgan fingerprint density at radius 3 is 2.47 bits per heavy atom. The maximum absolute atomic E-state index is 13.4. The number of fused-ring (bicyclic) bond motifs is 1. The van der Waals surface area contributed by atoms with Crippen LogP contribution in [0, 0.1) is 5.92 Å². The number of alkyl halides is 3. The number of nitrogens with zero attached hydrogens (tertiary/aromatic N) is 2. The quantitative estimate of drug-likeness (QED) is 0.270. The number of benzene rings is 3. The van der Waals surface area contributed by atoms with Gasteiger partial charge in [-0.05, 0) is 62.0 Å². The molecule has 0 saturated heterocycles. The molecule has 4 rings (SSSR count). The number of ether oxygens (including phenoxy) is 2. The van der Waals surface area contributed by atoms with Gasteiger partial charge in [-0.1, -0.05) is 37.3 Å². The van der Waals surface area contributed by atoms with E-state index in [1.807, 2.05) is 68.6 Å². The fourth-order valence-corrected chi connectivity index (χ4v) is 5.17. The van der Waals surface area contributed by atoms with Crippen molar-refractivity contribution in [3.05, 3.63) is 83.9 Å². The number of para-hydroxylation sites is 1. The second-order valence-electron chi connectivity index (χ2n) is 11.6. The topological polar surface area (TPSA) is 91.3 Å². The van der Waals surface area contributed by atoms with E-state index in [0.717, 1.165) is 17.1 Å². The van der Waals surface area contributed by atoms with Gasteiger partial charge in [0.25, 0.3) is 0 Å². The minimum Gasteiger partial charge on any atom is -0.488 e. The summed E-state index contributed by atoms with van der Waals surface area (Å²) in [5.41, 5.74) is 1.85. The largest absolute Gasteiger partial charge is 0.488 e. The Morgan fingerprint density at radius 2 is 1.80 bits per heavy atom. The van der Waals surface area contributed by atoms with Crippen LogP contribution in [-0.2, 0) is 22.6 Å². The Kier molecular flexibility index (Phi) is 11.5. The van der Waals surface area contributed by atoms with Crippen molar-refractivity contribution in [1.29, 1.82) is 0 Å². The number of anilines is 1. The van der Waals surface area contributed by atoms with E-state index >= 15 is 0 Å². The molecule has 0 fully saturated rings. The summed E-state index contributed by atoms with van der Waals surface area (Å²) in [5, 5.41) is 12.4. The summed E-state index contributed by atoms with van der Waals surface area (Å²) < 4.78 is 50.2. The van der Waals surface area contributed by atoms with Crippen LogP contribution in [0.2, 0.25) is 0 Å². The van der Waals surface area contributed by atoms with E-state index in [-0.39, 0.29) is 36.6 Å². The van der Waals surface area contributed by atoms with Gasteiger partial charge >= 0.3 is 6.18 Å². The van der Waals surface area contributed by atoms with Crippen molar-refractivity contribution in [2.45, 2.75) is 58.0 Å². The first kappa shape index (κ1) is 33.8. The number of aliphatic hydroxyl groups is 1. The monoisotopic (exact) mass is 627 g/mol. The SMILES string of the molecule is C[C@@H]1CN([C@H](C)CO)C(=O)Cc2cc(NC(=O)CCC(F)(F)F)ccc2O[C@H]1CN(C)Cc1ccc(Oc2ccccc2)cc1. The van der Waals surface area contributed by atoms with E-state index in [4.69, 9.17) is 9.47 Å². The van der Waals surface area contributed by atoms with Crippen LogP contribution in [0.15, 0.2) is 72.8 Å². The fraction of sp³-hybridized carbons (Fsp3) is 0.412. The van der Waals surface area contributed by atoms with Crippen molar-refractivity contribution in [1.82, 2.24) is 9.80 Å². The number of amides is 2. The van der Waals surface area contributed by atoms with Gasteiger partial charge < -0.3 is 24.8 Å². The van der Waals surface area contributed by atoms with Gasteiger partial charge in [-0.25, -0.2) is 0 Å². The molecule has 3 atom stereocenters. The molecule has 2 amide bonds. The van der Waals surface area contributed by atoms with Crippen LogP contribution in [0.3, 0.4) is 0 Å². The van der Waals surface area contributed by atoms with E-state index in [1.165, 1.54) is 0 Å². The van der Waals surface area contributed by atoms with E-state index in [1.54, 1.807) is 30.0 Å². The highest BCUT2D eigenvalue weighted by molar-refractivity contribution is 5.91. The zero-order chi connectivity index (χ0) is 32.6. The Balaban J connectivity index is 1.49. The summed E-state index contributed by atoms with van der Waals surface area (Å²) in [6.07, 6.45) is -6.77. The average molecular weight is 628 g/mol. The van der Waals surface area contributed by atoms with Crippen molar-refractivity contribution >= 4 is 17.5 Å². The molecule has 1 aliphatic heterocycles. The van der Waals surface area contributed by atoms with E-state index in [0.29, 0.717) is 30.9 Å². The number of hydrogen-bond acceptors (Lipinski definition) is 6. The van der Waals surface area contributed by atoms with Gasteiger partial charge in [0, 0.05) is 43.2 Å². The number of hydrogen-bond donors (Lipinski definition) is 2. The van der Waals surface area contributed by atoms with E-state index in [9.17, 15) is 27.9 Å². The van der Waals surface area contributed by atoms with Gasteiger partial charge in [0.05, 0.1) is 25.5 Å². The predicted octanol–water partition coefficient (Wildman–Crippen LogP) is 6.04.